The molecule has 0 spiro atoms. The Bertz CT molecular complexity index is 1090. The molecule has 3 aromatic rings. The predicted octanol–water partition coefficient (Wildman–Crippen LogP) is 5.29. The fourth-order valence-corrected chi connectivity index (χ4v) is 3.75. The first-order valence-electron chi connectivity index (χ1n) is 9.54. The number of hydrogen-bond acceptors (Lipinski definition) is 5. The quantitative estimate of drug-likeness (QED) is 0.462. The zero-order chi connectivity index (χ0) is 23.5. The molecule has 3 rings (SSSR count). The Hall–Kier alpha value is -2.56. The Kier molecular flexibility index (Phi) is 7.47. The van der Waals surface area contributed by atoms with Gasteiger partial charge in [-0.1, -0.05) is 35.5 Å². The second-order valence-electron chi connectivity index (χ2n) is 7.17. The van der Waals surface area contributed by atoms with Crippen molar-refractivity contribution in [3.63, 3.8) is 0 Å². The highest BCUT2D eigenvalue weighted by atomic mass is 35.5. The summed E-state index contributed by atoms with van der Waals surface area (Å²) in [5.41, 5.74) is -0.426. The number of carbonyl (C=O) groups is 1. The summed E-state index contributed by atoms with van der Waals surface area (Å²) in [6, 6.07) is 11.8. The van der Waals surface area contributed by atoms with Crippen LogP contribution in [0.1, 0.15) is 24.4 Å². The average Bonchev–Trinajstić information content (AvgIpc) is 3.15. The highest BCUT2D eigenvalue weighted by Crippen LogP contribution is 2.35. The highest BCUT2D eigenvalue weighted by Gasteiger charge is 2.33. The van der Waals surface area contributed by atoms with Gasteiger partial charge in [-0.3, -0.25) is 14.3 Å². The third-order valence-electron chi connectivity index (χ3n) is 4.73. The van der Waals surface area contributed by atoms with Gasteiger partial charge in [0, 0.05) is 10.7 Å². The van der Waals surface area contributed by atoms with Crippen LogP contribution in [0.5, 0.6) is 0 Å². The van der Waals surface area contributed by atoms with Gasteiger partial charge in [0.25, 0.3) is 0 Å². The van der Waals surface area contributed by atoms with Crippen LogP contribution in [0.15, 0.2) is 53.7 Å². The number of para-hydroxylation sites is 1. The van der Waals surface area contributed by atoms with Crippen LogP contribution in [0.4, 0.5) is 18.9 Å². The zero-order valence-electron chi connectivity index (χ0n) is 17.5. The van der Waals surface area contributed by atoms with Crippen molar-refractivity contribution in [2.24, 2.45) is 0 Å². The van der Waals surface area contributed by atoms with E-state index in [0.717, 1.165) is 23.5 Å². The van der Waals surface area contributed by atoms with Gasteiger partial charge in [-0.15, -0.1) is 10.2 Å². The summed E-state index contributed by atoms with van der Waals surface area (Å²) in [6.07, 6.45) is -4.57. The minimum absolute atomic E-state index is 0.0833. The molecule has 1 unspecified atom stereocenters. The number of amides is 1. The Morgan fingerprint density at radius 2 is 1.81 bits per heavy atom. The summed E-state index contributed by atoms with van der Waals surface area (Å²) >= 11 is 7.08. The fraction of sp³-hybridized carbons (Fsp3) is 0.286. The molecular weight excluding hydrogens is 463 g/mol. The number of alkyl halides is 3. The lowest BCUT2D eigenvalue weighted by Crippen LogP contribution is -2.21. The number of rotatable bonds is 7. The van der Waals surface area contributed by atoms with Gasteiger partial charge in [0.2, 0.25) is 5.91 Å². The molecule has 0 aliphatic heterocycles. The zero-order valence-corrected chi connectivity index (χ0v) is 19.1. The first-order chi connectivity index (χ1) is 15.1. The van der Waals surface area contributed by atoms with Crippen molar-refractivity contribution in [3.8, 4) is 5.69 Å². The highest BCUT2D eigenvalue weighted by molar-refractivity contribution is 7.99. The normalized spacial score (nSPS) is 12.8. The number of halogens is 4. The lowest BCUT2D eigenvalue weighted by molar-refractivity contribution is -0.137. The molecular formula is C21H21ClF3N5OS. The molecule has 2 aromatic carbocycles. The van der Waals surface area contributed by atoms with Crippen LogP contribution in [0, 0.1) is 0 Å². The molecule has 1 N–H and O–H groups in total. The molecule has 1 amide bonds. The van der Waals surface area contributed by atoms with E-state index in [9.17, 15) is 18.0 Å². The summed E-state index contributed by atoms with van der Waals surface area (Å²) in [6.45, 7) is 1.96. The number of nitrogens with one attached hydrogen (secondary N) is 1. The van der Waals surface area contributed by atoms with Gasteiger partial charge < -0.3 is 5.32 Å². The number of aromatic nitrogens is 3. The Morgan fingerprint density at radius 3 is 2.44 bits per heavy atom. The molecule has 32 heavy (non-hydrogen) atoms. The molecule has 0 saturated carbocycles. The minimum Gasteiger partial charge on any atom is -0.325 e. The summed E-state index contributed by atoms with van der Waals surface area (Å²) in [4.78, 5) is 14.4. The molecule has 1 aromatic heterocycles. The van der Waals surface area contributed by atoms with Crippen LogP contribution >= 0.6 is 23.4 Å². The van der Waals surface area contributed by atoms with Crippen molar-refractivity contribution >= 4 is 35.0 Å². The minimum atomic E-state index is -4.57. The monoisotopic (exact) mass is 483 g/mol. The molecule has 1 heterocycles. The smallest absolute Gasteiger partial charge is 0.325 e. The van der Waals surface area contributed by atoms with Gasteiger partial charge in [0.1, 0.15) is 0 Å². The predicted molar refractivity (Wildman–Crippen MR) is 119 cm³/mol. The average molecular weight is 484 g/mol. The van der Waals surface area contributed by atoms with E-state index >= 15 is 0 Å². The van der Waals surface area contributed by atoms with Gasteiger partial charge in [0.15, 0.2) is 11.0 Å². The number of anilines is 1. The van der Waals surface area contributed by atoms with Gasteiger partial charge in [-0.05, 0) is 57.4 Å². The van der Waals surface area contributed by atoms with E-state index in [2.05, 4.69) is 15.5 Å². The number of thioether (sulfide) groups is 1. The summed E-state index contributed by atoms with van der Waals surface area (Å²) in [7, 11) is 3.81. The fourth-order valence-electron chi connectivity index (χ4n) is 2.86. The van der Waals surface area contributed by atoms with Gasteiger partial charge in [-0.25, -0.2) is 0 Å². The van der Waals surface area contributed by atoms with Crippen LogP contribution in [0.2, 0.25) is 5.02 Å². The summed E-state index contributed by atoms with van der Waals surface area (Å²) in [5.74, 6) is -0.0731. The second kappa shape index (κ2) is 9.93. The van der Waals surface area contributed by atoms with Gasteiger partial charge in [0.05, 0.1) is 23.0 Å². The molecule has 0 aliphatic carbocycles. The van der Waals surface area contributed by atoms with Crippen LogP contribution < -0.4 is 5.32 Å². The number of benzene rings is 2. The van der Waals surface area contributed by atoms with Crippen molar-refractivity contribution in [1.29, 1.82) is 0 Å². The van der Waals surface area contributed by atoms with Crippen molar-refractivity contribution in [1.82, 2.24) is 19.7 Å². The standard InChI is InChI=1S/C21H21ClF3N5OS/c1-13(29(2)3)19-27-28-20(30(19)15-10-8-14(22)9-11-15)32-12-18(31)26-17-7-5-4-6-16(17)21(23,24)25/h4-11,13H,12H2,1-3H3,(H,26,31). The van der Waals surface area contributed by atoms with Crippen LogP contribution in [-0.4, -0.2) is 45.4 Å². The first kappa shape index (κ1) is 24.1. The summed E-state index contributed by atoms with van der Waals surface area (Å²) < 4.78 is 41.3. The lowest BCUT2D eigenvalue weighted by Gasteiger charge is -2.20. The SMILES string of the molecule is CC(c1nnc(SCC(=O)Nc2ccccc2C(F)(F)F)n1-c1ccc(Cl)cc1)N(C)C. The van der Waals surface area contributed by atoms with E-state index in [0.29, 0.717) is 16.0 Å². The van der Waals surface area contributed by atoms with Crippen LogP contribution in [-0.2, 0) is 11.0 Å². The molecule has 0 aliphatic rings. The van der Waals surface area contributed by atoms with Crippen molar-refractivity contribution in [2.75, 3.05) is 25.2 Å². The maximum atomic E-state index is 13.2. The van der Waals surface area contributed by atoms with Crippen molar-refractivity contribution in [2.45, 2.75) is 24.3 Å². The third kappa shape index (κ3) is 5.62. The molecule has 0 radical (unpaired) electrons. The molecule has 6 nitrogen and oxygen atoms in total. The van der Waals surface area contributed by atoms with Crippen molar-refractivity contribution in [3.05, 3.63) is 64.9 Å². The molecule has 0 bridgehead atoms. The van der Waals surface area contributed by atoms with E-state index in [-0.39, 0.29) is 17.5 Å². The van der Waals surface area contributed by atoms with E-state index in [1.165, 1.54) is 18.2 Å². The largest absolute Gasteiger partial charge is 0.418 e. The van der Waals surface area contributed by atoms with Crippen molar-refractivity contribution < 1.29 is 18.0 Å². The molecule has 1 atom stereocenters. The van der Waals surface area contributed by atoms with Crippen LogP contribution in [0.3, 0.4) is 0 Å². The van der Waals surface area contributed by atoms with E-state index < -0.39 is 17.6 Å². The Balaban J connectivity index is 1.82. The van der Waals surface area contributed by atoms with Gasteiger partial charge in [-0.2, -0.15) is 13.2 Å². The number of nitrogens with zero attached hydrogens (tertiary/aromatic N) is 4. The van der Waals surface area contributed by atoms with E-state index in [1.807, 2.05) is 30.5 Å². The topological polar surface area (TPSA) is 63.1 Å². The molecule has 0 fully saturated rings. The molecule has 11 heteroatoms. The Labute approximate surface area is 192 Å². The van der Waals surface area contributed by atoms with E-state index in [1.54, 1.807) is 24.3 Å². The lowest BCUT2D eigenvalue weighted by atomic mass is 10.1. The summed E-state index contributed by atoms with van der Waals surface area (Å²) in [5, 5.41) is 11.8. The Morgan fingerprint density at radius 1 is 1.16 bits per heavy atom. The third-order valence-corrected chi connectivity index (χ3v) is 5.91. The first-order valence-corrected chi connectivity index (χ1v) is 10.9. The second-order valence-corrected chi connectivity index (χ2v) is 8.55. The van der Waals surface area contributed by atoms with Crippen LogP contribution in [0.25, 0.3) is 5.69 Å². The number of hydrogen-bond donors (Lipinski definition) is 1. The van der Waals surface area contributed by atoms with E-state index in [4.69, 9.17) is 11.6 Å². The molecule has 170 valence electrons. The molecule has 0 saturated heterocycles. The van der Waals surface area contributed by atoms with Gasteiger partial charge >= 0.3 is 6.18 Å². The maximum Gasteiger partial charge on any atom is 0.418 e. The maximum absolute atomic E-state index is 13.2. The number of carbonyl (C=O) groups excluding carboxylic acids is 1.